The molecule has 0 bridgehead atoms. The van der Waals surface area contributed by atoms with Crippen molar-refractivity contribution >= 4 is 5.78 Å². The van der Waals surface area contributed by atoms with E-state index in [4.69, 9.17) is 18.9 Å². The zero-order chi connectivity index (χ0) is 20.3. The number of ether oxygens (including phenoxy) is 4. The van der Waals surface area contributed by atoms with E-state index in [0.717, 1.165) is 5.69 Å². The number of rotatable bonds is 16. The minimum absolute atomic E-state index is 0.224. The molecule has 0 spiro atoms. The van der Waals surface area contributed by atoms with Crippen molar-refractivity contribution < 1.29 is 23.7 Å². The Hall–Kier alpha value is -1.35. The Morgan fingerprint density at radius 2 is 1.63 bits per heavy atom. The Labute approximate surface area is 163 Å². The van der Waals surface area contributed by atoms with Gasteiger partial charge in [-0.25, -0.2) is 0 Å². The fourth-order valence-corrected chi connectivity index (χ4v) is 1.89. The van der Waals surface area contributed by atoms with Gasteiger partial charge in [-0.15, -0.1) is 5.10 Å². The third-order valence-electron chi connectivity index (χ3n) is 3.27. The largest absolute Gasteiger partial charge is 0.377 e. The molecule has 0 N–H and O–H groups in total. The number of ketones is 1. The Balaban J connectivity index is 0.00000326. The molecule has 1 aromatic rings. The second kappa shape index (κ2) is 18.0. The van der Waals surface area contributed by atoms with Gasteiger partial charge in [0.15, 0.2) is 0 Å². The number of carbonyl (C=O) groups is 1. The summed E-state index contributed by atoms with van der Waals surface area (Å²) in [6, 6.07) is 0. The van der Waals surface area contributed by atoms with Crippen molar-refractivity contribution in [1.82, 2.24) is 15.0 Å². The first-order valence-electron chi connectivity index (χ1n) is 9.87. The fourth-order valence-electron chi connectivity index (χ4n) is 1.89. The van der Waals surface area contributed by atoms with E-state index in [1.54, 1.807) is 10.9 Å². The third kappa shape index (κ3) is 15.4. The lowest BCUT2D eigenvalue weighted by Crippen LogP contribution is -2.13. The van der Waals surface area contributed by atoms with Crippen LogP contribution >= 0.6 is 0 Å². The van der Waals surface area contributed by atoms with Crippen LogP contribution in [0.2, 0.25) is 0 Å². The Morgan fingerprint density at radius 3 is 2.22 bits per heavy atom. The zero-order valence-corrected chi connectivity index (χ0v) is 17.6. The molecule has 8 nitrogen and oxygen atoms in total. The topological polar surface area (TPSA) is 84.7 Å². The van der Waals surface area contributed by atoms with E-state index in [1.807, 2.05) is 34.6 Å². The minimum atomic E-state index is 0.224. The molecular weight excluding hydrogens is 350 g/mol. The highest BCUT2D eigenvalue weighted by atomic mass is 16.6. The minimum Gasteiger partial charge on any atom is -0.377 e. The molecule has 158 valence electrons. The van der Waals surface area contributed by atoms with E-state index in [0.29, 0.717) is 65.6 Å². The lowest BCUT2D eigenvalue weighted by Gasteiger charge is -2.08. The maximum Gasteiger partial charge on any atom is 0.134 e. The molecular formula is C19H37N3O5. The van der Waals surface area contributed by atoms with E-state index in [2.05, 4.69) is 10.3 Å². The zero-order valence-electron chi connectivity index (χ0n) is 17.6. The first-order chi connectivity index (χ1) is 13.1. The molecule has 1 aromatic heterocycles. The van der Waals surface area contributed by atoms with Crippen LogP contribution in [0.4, 0.5) is 0 Å². The number of nitrogens with zero attached hydrogens (tertiary/aromatic N) is 3. The van der Waals surface area contributed by atoms with Gasteiger partial charge in [-0.3, -0.25) is 9.48 Å². The van der Waals surface area contributed by atoms with Crippen molar-refractivity contribution in [3.8, 4) is 0 Å². The maximum atomic E-state index is 11.3. The maximum absolute atomic E-state index is 11.3. The SMILES string of the molecule is CC.CCC(=O)CCn1cc(COCCOCCOCCOC(C)C)nn1. The van der Waals surface area contributed by atoms with Crippen LogP contribution in [0.5, 0.6) is 0 Å². The van der Waals surface area contributed by atoms with Crippen molar-refractivity contribution in [1.29, 1.82) is 0 Å². The predicted molar refractivity (Wildman–Crippen MR) is 104 cm³/mol. The number of carbonyl (C=O) groups excluding carboxylic acids is 1. The van der Waals surface area contributed by atoms with Crippen LogP contribution in [0, 0.1) is 0 Å². The standard InChI is InChI=1S/C17H31N3O5.C2H6/c1-4-17(21)5-6-20-13-16(18-19-20)14-24-10-9-22-7-8-23-11-12-25-15(2)3;1-2/h13,15H,4-12,14H2,1-3H3;1-2H3. The summed E-state index contributed by atoms with van der Waals surface area (Å²) in [5, 5.41) is 7.99. The highest BCUT2D eigenvalue weighted by molar-refractivity contribution is 5.77. The molecule has 0 aliphatic rings. The van der Waals surface area contributed by atoms with Gasteiger partial charge >= 0.3 is 0 Å². The molecule has 0 aromatic carbocycles. The summed E-state index contributed by atoms with van der Waals surface area (Å²) < 4.78 is 23.3. The Kier molecular flexibility index (Phi) is 17.1. The summed E-state index contributed by atoms with van der Waals surface area (Å²) in [7, 11) is 0. The molecule has 0 aliphatic heterocycles. The lowest BCUT2D eigenvalue weighted by molar-refractivity contribution is -0.119. The van der Waals surface area contributed by atoms with Gasteiger partial charge in [-0.05, 0) is 13.8 Å². The molecule has 0 saturated carbocycles. The molecule has 0 saturated heterocycles. The predicted octanol–water partition coefficient (Wildman–Crippen LogP) is 2.65. The smallest absolute Gasteiger partial charge is 0.134 e. The first-order valence-corrected chi connectivity index (χ1v) is 9.87. The molecule has 0 radical (unpaired) electrons. The molecule has 1 rings (SSSR count). The van der Waals surface area contributed by atoms with Gasteiger partial charge in [0, 0.05) is 19.4 Å². The average Bonchev–Trinajstić information content (AvgIpc) is 3.13. The molecule has 0 atom stereocenters. The molecule has 0 aliphatic carbocycles. The van der Waals surface area contributed by atoms with Crippen molar-refractivity contribution in [2.45, 2.75) is 66.7 Å². The molecule has 0 unspecified atom stereocenters. The lowest BCUT2D eigenvalue weighted by atomic mass is 10.2. The van der Waals surface area contributed by atoms with Crippen LogP contribution in [0.15, 0.2) is 6.20 Å². The van der Waals surface area contributed by atoms with Crippen molar-refractivity contribution in [3.63, 3.8) is 0 Å². The van der Waals surface area contributed by atoms with Crippen LogP contribution in [0.25, 0.3) is 0 Å². The summed E-state index contributed by atoms with van der Waals surface area (Å²) in [6.45, 7) is 14.1. The van der Waals surface area contributed by atoms with Crippen molar-refractivity contribution in [3.05, 3.63) is 11.9 Å². The third-order valence-corrected chi connectivity index (χ3v) is 3.27. The molecule has 0 amide bonds. The molecule has 0 fully saturated rings. The van der Waals surface area contributed by atoms with Crippen LogP contribution in [0.1, 0.15) is 53.2 Å². The van der Waals surface area contributed by atoms with Gasteiger partial charge < -0.3 is 18.9 Å². The Bertz CT molecular complexity index is 466. The first kappa shape index (κ1) is 25.6. The average molecular weight is 388 g/mol. The normalized spacial score (nSPS) is 10.7. The Morgan fingerprint density at radius 1 is 1.04 bits per heavy atom. The van der Waals surface area contributed by atoms with E-state index < -0.39 is 0 Å². The molecule has 27 heavy (non-hydrogen) atoms. The molecule has 1 heterocycles. The quantitative estimate of drug-likeness (QED) is 0.403. The highest BCUT2D eigenvalue weighted by Crippen LogP contribution is 1.99. The monoisotopic (exact) mass is 387 g/mol. The van der Waals surface area contributed by atoms with Crippen LogP contribution in [-0.2, 0) is 36.9 Å². The highest BCUT2D eigenvalue weighted by Gasteiger charge is 2.03. The number of hydrogen-bond donors (Lipinski definition) is 0. The summed E-state index contributed by atoms with van der Waals surface area (Å²) in [5.41, 5.74) is 0.748. The van der Waals surface area contributed by atoms with Gasteiger partial charge in [0.2, 0.25) is 0 Å². The van der Waals surface area contributed by atoms with E-state index in [-0.39, 0.29) is 11.9 Å². The second-order valence-electron chi connectivity index (χ2n) is 5.81. The summed E-state index contributed by atoms with van der Waals surface area (Å²) >= 11 is 0. The second-order valence-corrected chi connectivity index (χ2v) is 5.81. The number of hydrogen-bond acceptors (Lipinski definition) is 7. The van der Waals surface area contributed by atoms with Crippen molar-refractivity contribution in [2.24, 2.45) is 0 Å². The number of aryl methyl sites for hydroxylation is 1. The van der Waals surface area contributed by atoms with E-state index >= 15 is 0 Å². The summed E-state index contributed by atoms with van der Waals surface area (Å²) in [4.78, 5) is 11.3. The fraction of sp³-hybridized carbons (Fsp3) is 0.842. The number of Topliss-reactive ketones (excluding diaryl/α,β-unsaturated/α-hetero) is 1. The van der Waals surface area contributed by atoms with Crippen LogP contribution < -0.4 is 0 Å². The molecule has 8 heteroatoms. The van der Waals surface area contributed by atoms with Gasteiger partial charge in [-0.2, -0.15) is 0 Å². The van der Waals surface area contributed by atoms with E-state index in [1.165, 1.54) is 0 Å². The summed E-state index contributed by atoms with van der Waals surface area (Å²) in [6.07, 6.45) is 3.08. The van der Waals surface area contributed by atoms with Gasteiger partial charge in [0.1, 0.15) is 11.5 Å². The van der Waals surface area contributed by atoms with Crippen LogP contribution in [0.3, 0.4) is 0 Å². The van der Waals surface area contributed by atoms with Gasteiger partial charge in [0.05, 0.1) is 58.5 Å². The van der Waals surface area contributed by atoms with Gasteiger partial charge in [0.25, 0.3) is 0 Å². The number of aromatic nitrogens is 3. The summed E-state index contributed by atoms with van der Waals surface area (Å²) in [5.74, 6) is 0.224. The van der Waals surface area contributed by atoms with Gasteiger partial charge in [-0.1, -0.05) is 26.0 Å². The van der Waals surface area contributed by atoms with Crippen LogP contribution in [-0.4, -0.2) is 66.5 Å². The van der Waals surface area contributed by atoms with Crippen molar-refractivity contribution in [2.75, 3.05) is 39.6 Å². The van der Waals surface area contributed by atoms with E-state index in [9.17, 15) is 4.79 Å².